The Labute approximate surface area is 121 Å². The molecule has 4 heteroatoms. The Balaban J connectivity index is 2.01. The van der Waals surface area contributed by atoms with Crippen LogP contribution in [0.3, 0.4) is 0 Å². The molecule has 0 bridgehead atoms. The van der Waals surface area contributed by atoms with Gasteiger partial charge < -0.3 is 11.1 Å². The zero-order chi connectivity index (χ0) is 13.7. The zero-order valence-electron chi connectivity index (χ0n) is 10.4. The number of carbonyl (C=O) groups is 1. The van der Waals surface area contributed by atoms with Crippen molar-refractivity contribution in [1.82, 2.24) is 0 Å². The lowest BCUT2D eigenvalue weighted by molar-refractivity contribution is -0.115. The minimum absolute atomic E-state index is 0.0349. The number of nitrogens with one attached hydrogen (secondary N) is 1. The highest BCUT2D eigenvalue weighted by atomic mass is 79.9. The Morgan fingerprint density at radius 1 is 1.11 bits per heavy atom. The summed E-state index contributed by atoms with van der Waals surface area (Å²) in [5, 5.41) is 2.87. The summed E-state index contributed by atoms with van der Waals surface area (Å²) in [6.45, 7) is 0.468. The third-order valence-electron chi connectivity index (χ3n) is 2.70. The first-order valence-electron chi connectivity index (χ1n) is 6.00. The van der Waals surface area contributed by atoms with Gasteiger partial charge in [0.1, 0.15) is 0 Å². The first kappa shape index (κ1) is 13.8. The maximum Gasteiger partial charge on any atom is 0.228 e. The van der Waals surface area contributed by atoms with Crippen LogP contribution < -0.4 is 11.1 Å². The third-order valence-corrected chi connectivity index (χ3v) is 3.19. The Hall–Kier alpha value is -1.65. The fourth-order valence-corrected chi connectivity index (χ4v) is 2.26. The molecular weight excluding hydrogens is 304 g/mol. The zero-order valence-corrected chi connectivity index (χ0v) is 12.0. The van der Waals surface area contributed by atoms with Crippen LogP contribution in [-0.2, 0) is 17.8 Å². The van der Waals surface area contributed by atoms with Gasteiger partial charge in [-0.25, -0.2) is 0 Å². The average molecular weight is 319 g/mol. The molecule has 0 saturated carbocycles. The van der Waals surface area contributed by atoms with E-state index in [1.165, 1.54) is 0 Å². The van der Waals surface area contributed by atoms with Crippen LogP contribution in [-0.4, -0.2) is 5.91 Å². The minimum Gasteiger partial charge on any atom is -0.326 e. The lowest BCUT2D eigenvalue weighted by Gasteiger charge is -2.07. The maximum absolute atomic E-state index is 11.9. The van der Waals surface area contributed by atoms with Crippen molar-refractivity contribution in [3.05, 3.63) is 64.1 Å². The van der Waals surface area contributed by atoms with Crippen molar-refractivity contribution in [3.63, 3.8) is 0 Å². The number of nitrogens with two attached hydrogens (primary N) is 1. The largest absolute Gasteiger partial charge is 0.326 e. The van der Waals surface area contributed by atoms with Crippen molar-refractivity contribution in [2.75, 3.05) is 5.32 Å². The molecule has 2 rings (SSSR count). The number of anilines is 1. The van der Waals surface area contributed by atoms with E-state index in [0.717, 1.165) is 21.3 Å². The number of hydrogen-bond acceptors (Lipinski definition) is 2. The quantitative estimate of drug-likeness (QED) is 0.910. The molecule has 0 unspecified atom stereocenters. The molecule has 2 aromatic rings. The molecule has 0 aliphatic rings. The molecule has 0 aromatic heterocycles. The number of carbonyl (C=O) groups excluding carboxylic acids is 1. The van der Waals surface area contributed by atoms with Crippen molar-refractivity contribution >= 4 is 27.5 Å². The monoisotopic (exact) mass is 318 g/mol. The normalized spacial score (nSPS) is 10.2. The summed E-state index contributed by atoms with van der Waals surface area (Å²) in [6, 6.07) is 15.3. The lowest BCUT2D eigenvalue weighted by Crippen LogP contribution is -2.14. The van der Waals surface area contributed by atoms with E-state index in [9.17, 15) is 4.79 Å². The SMILES string of the molecule is NCc1cccc(NC(=O)Cc2cccc(Br)c2)c1. The second-order valence-electron chi connectivity index (χ2n) is 4.26. The molecule has 0 spiro atoms. The van der Waals surface area contributed by atoms with Gasteiger partial charge in [-0.3, -0.25) is 4.79 Å². The molecular formula is C15H15BrN2O. The molecule has 0 fully saturated rings. The van der Waals surface area contributed by atoms with Gasteiger partial charge in [-0.15, -0.1) is 0 Å². The van der Waals surface area contributed by atoms with E-state index in [1.54, 1.807) is 0 Å². The fraction of sp³-hybridized carbons (Fsp3) is 0.133. The van der Waals surface area contributed by atoms with Crippen LogP contribution in [0.2, 0.25) is 0 Å². The van der Waals surface area contributed by atoms with Gasteiger partial charge >= 0.3 is 0 Å². The highest BCUT2D eigenvalue weighted by molar-refractivity contribution is 9.10. The molecule has 0 atom stereocenters. The van der Waals surface area contributed by atoms with Crippen molar-refractivity contribution in [2.24, 2.45) is 5.73 Å². The van der Waals surface area contributed by atoms with Crippen LogP contribution in [0.15, 0.2) is 53.0 Å². The van der Waals surface area contributed by atoms with E-state index in [1.807, 2.05) is 48.5 Å². The maximum atomic E-state index is 11.9. The summed E-state index contributed by atoms with van der Waals surface area (Å²) in [4.78, 5) is 11.9. The molecule has 0 radical (unpaired) electrons. The Morgan fingerprint density at radius 2 is 1.84 bits per heavy atom. The van der Waals surface area contributed by atoms with Gasteiger partial charge in [-0.05, 0) is 35.4 Å². The average Bonchev–Trinajstić information content (AvgIpc) is 2.38. The molecule has 98 valence electrons. The molecule has 1 amide bonds. The fourth-order valence-electron chi connectivity index (χ4n) is 1.81. The van der Waals surface area contributed by atoms with Crippen molar-refractivity contribution in [1.29, 1.82) is 0 Å². The molecule has 0 heterocycles. The number of amides is 1. The summed E-state index contributed by atoms with van der Waals surface area (Å²) < 4.78 is 0.975. The van der Waals surface area contributed by atoms with Gasteiger partial charge in [0.05, 0.1) is 6.42 Å². The first-order chi connectivity index (χ1) is 9.17. The summed E-state index contributed by atoms with van der Waals surface area (Å²) >= 11 is 3.39. The highest BCUT2D eigenvalue weighted by Gasteiger charge is 2.04. The molecule has 19 heavy (non-hydrogen) atoms. The molecule has 3 nitrogen and oxygen atoms in total. The van der Waals surface area contributed by atoms with Crippen LogP contribution in [0, 0.1) is 0 Å². The second-order valence-corrected chi connectivity index (χ2v) is 5.18. The number of rotatable bonds is 4. The van der Waals surface area contributed by atoms with E-state index in [2.05, 4.69) is 21.2 Å². The Bertz CT molecular complexity index is 584. The number of hydrogen-bond donors (Lipinski definition) is 2. The van der Waals surface area contributed by atoms with Crippen molar-refractivity contribution < 1.29 is 4.79 Å². The summed E-state index contributed by atoms with van der Waals surface area (Å²) in [5.41, 5.74) is 8.33. The molecule has 0 saturated heterocycles. The van der Waals surface area contributed by atoms with Gasteiger partial charge in [0, 0.05) is 16.7 Å². The minimum atomic E-state index is -0.0349. The molecule has 0 aliphatic carbocycles. The van der Waals surface area contributed by atoms with Crippen molar-refractivity contribution in [2.45, 2.75) is 13.0 Å². The van der Waals surface area contributed by atoms with Gasteiger partial charge in [-0.2, -0.15) is 0 Å². The molecule has 0 aliphatic heterocycles. The molecule has 2 aromatic carbocycles. The summed E-state index contributed by atoms with van der Waals surface area (Å²) in [5.74, 6) is -0.0349. The standard InChI is InChI=1S/C15H15BrN2O/c16-13-5-1-3-11(7-13)9-15(19)18-14-6-2-4-12(8-14)10-17/h1-8H,9-10,17H2,(H,18,19). The van der Waals surface area contributed by atoms with E-state index in [-0.39, 0.29) is 5.91 Å². The predicted octanol–water partition coefficient (Wildman–Crippen LogP) is 3.09. The van der Waals surface area contributed by atoms with Crippen LogP contribution in [0.1, 0.15) is 11.1 Å². The van der Waals surface area contributed by atoms with E-state index in [0.29, 0.717) is 13.0 Å². The number of halogens is 1. The van der Waals surface area contributed by atoms with Crippen LogP contribution >= 0.6 is 15.9 Å². The lowest BCUT2D eigenvalue weighted by atomic mass is 10.1. The Morgan fingerprint density at radius 3 is 2.58 bits per heavy atom. The first-order valence-corrected chi connectivity index (χ1v) is 6.80. The van der Waals surface area contributed by atoms with E-state index in [4.69, 9.17) is 5.73 Å². The van der Waals surface area contributed by atoms with E-state index >= 15 is 0 Å². The smallest absolute Gasteiger partial charge is 0.228 e. The Kier molecular flexibility index (Phi) is 4.71. The van der Waals surface area contributed by atoms with Gasteiger partial charge in [0.2, 0.25) is 5.91 Å². The topological polar surface area (TPSA) is 55.1 Å². The van der Waals surface area contributed by atoms with Gasteiger partial charge in [0.25, 0.3) is 0 Å². The van der Waals surface area contributed by atoms with E-state index < -0.39 is 0 Å². The second kappa shape index (κ2) is 6.50. The van der Waals surface area contributed by atoms with Gasteiger partial charge in [0.15, 0.2) is 0 Å². The van der Waals surface area contributed by atoms with Crippen LogP contribution in [0.5, 0.6) is 0 Å². The van der Waals surface area contributed by atoms with Crippen LogP contribution in [0.4, 0.5) is 5.69 Å². The third kappa shape index (κ3) is 4.19. The summed E-state index contributed by atoms with van der Waals surface area (Å²) in [7, 11) is 0. The number of benzene rings is 2. The predicted molar refractivity (Wildman–Crippen MR) is 80.8 cm³/mol. The van der Waals surface area contributed by atoms with Crippen molar-refractivity contribution in [3.8, 4) is 0 Å². The van der Waals surface area contributed by atoms with Gasteiger partial charge in [-0.1, -0.05) is 40.2 Å². The van der Waals surface area contributed by atoms with Crippen LogP contribution in [0.25, 0.3) is 0 Å². The molecule has 3 N–H and O–H groups in total. The highest BCUT2D eigenvalue weighted by Crippen LogP contribution is 2.14. The summed E-state index contributed by atoms with van der Waals surface area (Å²) in [6.07, 6.45) is 0.353.